The molecule has 2 aliphatic rings. The summed E-state index contributed by atoms with van der Waals surface area (Å²) in [5, 5.41) is 71.4. The lowest BCUT2D eigenvalue weighted by Gasteiger charge is -2.42. The Bertz CT molecular complexity index is 1080. The lowest BCUT2D eigenvalue weighted by molar-refractivity contribution is -0.313. The molecule has 0 spiro atoms. The van der Waals surface area contributed by atoms with Crippen molar-refractivity contribution in [1.82, 2.24) is 0 Å². The number of phenols is 1. The predicted octanol–water partition coefficient (Wildman–Crippen LogP) is -1.61. The number of phenolic OH excluding ortho intramolecular Hbond substituents is 1. The fourth-order valence-corrected chi connectivity index (χ4v) is 4.12. The molecule has 2 aromatic rings. The van der Waals surface area contributed by atoms with Gasteiger partial charge in [-0.2, -0.15) is 0 Å². The quantitative estimate of drug-likeness (QED) is 0.180. The van der Waals surface area contributed by atoms with Crippen molar-refractivity contribution in [3.05, 3.63) is 59.7 Å². The second-order valence-corrected chi connectivity index (χ2v) is 9.02. The second kappa shape index (κ2) is 11.9. The molecule has 4 rings (SSSR count). The van der Waals surface area contributed by atoms with E-state index in [2.05, 4.69) is 0 Å². The number of aliphatic hydroxyl groups is 6. The van der Waals surface area contributed by atoms with Crippen LogP contribution in [0.1, 0.15) is 15.9 Å². The van der Waals surface area contributed by atoms with Crippen molar-refractivity contribution in [2.24, 2.45) is 0 Å². The third-order valence-corrected chi connectivity index (χ3v) is 6.36. The van der Waals surface area contributed by atoms with Crippen LogP contribution in [-0.4, -0.2) is 110 Å². The van der Waals surface area contributed by atoms with Gasteiger partial charge in [0.05, 0.1) is 19.8 Å². The molecule has 2 fully saturated rings. The van der Waals surface area contributed by atoms with Crippen molar-refractivity contribution in [2.45, 2.75) is 55.3 Å². The number of carbonyl (C=O) groups is 1. The molecular weight excluding hydrogens is 508 g/mol. The third kappa shape index (κ3) is 5.76. The summed E-state index contributed by atoms with van der Waals surface area (Å²) in [6, 6.07) is 12.7. The molecule has 13 heteroatoms. The van der Waals surface area contributed by atoms with E-state index in [-0.39, 0.29) is 17.9 Å². The smallest absolute Gasteiger partial charge is 0.346 e. The van der Waals surface area contributed by atoms with Crippen LogP contribution in [0.3, 0.4) is 0 Å². The number of esters is 1. The van der Waals surface area contributed by atoms with Crippen LogP contribution in [0, 0.1) is 0 Å². The fourth-order valence-electron chi connectivity index (χ4n) is 4.12. The van der Waals surface area contributed by atoms with E-state index in [1.807, 2.05) is 0 Å². The summed E-state index contributed by atoms with van der Waals surface area (Å²) in [6.07, 6.45) is -11.2. The third-order valence-electron chi connectivity index (χ3n) is 6.36. The Morgan fingerprint density at radius 3 is 2.39 bits per heavy atom. The molecule has 8 atom stereocenters. The zero-order valence-electron chi connectivity index (χ0n) is 20.1. The number of hydrogen-bond acceptors (Lipinski definition) is 13. The number of carbonyl (C=O) groups excluding carboxylic acids is 1. The molecular formula is C25H30O13. The van der Waals surface area contributed by atoms with Gasteiger partial charge in [-0.05, 0) is 17.7 Å². The van der Waals surface area contributed by atoms with Crippen molar-refractivity contribution in [3.63, 3.8) is 0 Å². The van der Waals surface area contributed by atoms with Crippen molar-refractivity contribution in [2.75, 3.05) is 19.8 Å². The topological polar surface area (TPSA) is 205 Å². The Labute approximate surface area is 217 Å². The SMILES string of the molecule is O=C(OCc1ccccc1)c1c(O)cccc1O[C@@H]1O[C@H](CO)[C@@H](O)[C@H](O[C@@H]2OC[C@](O)(CO)[C@H]2O)[C@H]1O. The van der Waals surface area contributed by atoms with Gasteiger partial charge in [-0.1, -0.05) is 36.4 Å². The lowest BCUT2D eigenvalue weighted by atomic mass is 9.98. The molecule has 0 bridgehead atoms. The van der Waals surface area contributed by atoms with Crippen LogP contribution >= 0.6 is 0 Å². The summed E-state index contributed by atoms with van der Waals surface area (Å²) in [5.41, 5.74) is -1.67. The van der Waals surface area contributed by atoms with Crippen LogP contribution in [0.15, 0.2) is 48.5 Å². The zero-order valence-corrected chi connectivity index (χ0v) is 20.1. The van der Waals surface area contributed by atoms with E-state index in [1.165, 1.54) is 18.2 Å². The largest absolute Gasteiger partial charge is 0.507 e. The first-order valence-electron chi connectivity index (χ1n) is 11.8. The maximum atomic E-state index is 12.8. The van der Waals surface area contributed by atoms with E-state index >= 15 is 0 Å². The van der Waals surface area contributed by atoms with Gasteiger partial charge in [0.25, 0.3) is 0 Å². The maximum Gasteiger partial charge on any atom is 0.346 e. The van der Waals surface area contributed by atoms with Gasteiger partial charge in [-0.15, -0.1) is 0 Å². The van der Waals surface area contributed by atoms with E-state index in [4.69, 9.17) is 23.7 Å². The van der Waals surface area contributed by atoms with Gasteiger partial charge in [0.15, 0.2) is 6.29 Å². The van der Waals surface area contributed by atoms with Crippen LogP contribution in [0.5, 0.6) is 11.5 Å². The van der Waals surface area contributed by atoms with E-state index < -0.39 is 80.2 Å². The van der Waals surface area contributed by atoms with Gasteiger partial charge in [0.2, 0.25) is 6.29 Å². The van der Waals surface area contributed by atoms with Gasteiger partial charge in [0, 0.05) is 0 Å². The highest BCUT2D eigenvalue weighted by Gasteiger charge is 2.53. The first kappa shape index (κ1) is 28.2. The van der Waals surface area contributed by atoms with Gasteiger partial charge in [0.1, 0.15) is 59.8 Å². The van der Waals surface area contributed by atoms with E-state index in [0.29, 0.717) is 5.56 Å². The van der Waals surface area contributed by atoms with E-state index in [9.17, 15) is 40.5 Å². The highest BCUT2D eigenvalue weighted by Crippen LogP contribution is 2.34. The Balaban J connectivity index is 1.52. The van der Waals surface area contributed by atoms with E-state index in [0.717, 1.165) is 0 Å². The summed E-state index contributed by atoms with van der Waals surface area (Å²) in [7, 11) is 0. The maximum absolute atomic E-state index is 12.8. The van der Waals surface area contributed by atoms with Gasteiger partial charge in [-0.25, -0.2) is 4.79 Å². The van der Waals surface area contributed by atoms with E-state index in [1.54, 1.807) is 30.3 Å². The van der Waals surface area contributed by atoms with Crippen LogP contribution in [0.2, 0.25) is 0 Å². The van der Waals surface area contributed by atoms with Gasteiger partial charge >= 0.3 is 5.97 Å². The van der Waals surface area contributed by atoms with Gasteiger partial charge in [-0.3, -0.25) is 0 Å². The first-order chi connectivity index (χ1) is 18.2. The summed E-state index contributed by atoms with van der Waals surface area (Å²) >= 11 is 0. The number of aliphatic hydroxyl groups excluding tert-OH is 5. The standard InChI is InChI=1S/C25H30O13/c26-9-16-18(29)20(38-24-21(31)25(33,11-27)12-35-24)19(30)23(37-16)36-15-8-4-7-14(28)17(15)22(32)34-10-13-5-2-1-3-6-13/h1-8,16,18-21,23-24,26-31,33H,9-12H2/t16-,18-,19-,20+,21+,23-,24+,25-/m1/s1. The summed E-state index contributed by atoms with van der Waals surface area (Å²) in [5.74, 6) is -1.63. The molecule has 7 N–H and O–H groups in total. The molecule has 13 nitrogen and oxygen atoms in total. The average Bonchev–Trinajstić information content (AvgIpc) is 3.21. The molecule has 0 aliphatic carbocycles. The van der Waals surface area contributed by atoms with Crippen molar-refractivity contribution >= 4 is 5.97 Å². The Morgan fingerprint density at radius 2 is 1.74 bits per heavy atom. The number of aromatic hydroxyl groups is 1. The highest BCUT2D eigenvalue weighted by atomic mass is 16.7. The minimum Gasteiger partial charge on any atom is -0.507 e. The van der Waals surface area contributed by atoms with Gasteiger partial charge < -0.3 is 59.4 Å². The fraction of sp³-hybridized carbons (Fsp3) is 0.480. The van der Waals surface area contributed by atoms with Crippen LogP contribution in [-0.2, 0) is 25.6 Å². The van der Waals surface area contributed by atoms with Crippen molar-refractivity contribution in [1.29, 1.82) is 0 Å². The summed E-state index contributed by atoms with van der Waals surface area (Å²) in [4.78, 5) is 12.8. The molecule has 2 saturated heterocycles. The average molecular weight is 539 g/mol. The summed E-state index contributed by atoms with van der Waals surface area (Å²) < 4.78 is 27.1. The normalized spacial score (nSPS) is 33.2. The molecule has 208 valence electrons. The highest BCUT2D eigenvalue weighted by molar-refractivity contribution is 5.95. The molecule has 2 heterocycles. The number of ether oxygens (including phenoxy) is 5. The molecule has 0 radical (unpaired) electrons. The molecule has 38 heavy (non-hydrogen) atoms. The molecule has 2 aliphatic heterocycles. The first-order valence-corrected chi connectivity index (χ1v) is 11.8. The predicted molar refractivity (Wildman–Crippen MR) is 125 cm³/mol. The van der Waals surface area contributed by atoms with Crippen molar-refractivity contribution in [3.8, 4) is 11.5 Å². The monoisotopic (exact) mass is 538 g/mol. The minimum atomic E-state index is -2.02. The molecule has 0 amide bonds. The minimum absolute atomic E-state index is 0.0887. The second-order valence-electron chi connectivity index (χ2n) is 9.02. The Morgan fingerprint density at radius 1 is 1.00 bits per heavy atom. The lowest BCUT2D eigenvalue weighted by Crippen LogP contribution is -2.62. The number of benzene rings is 2. The molecule has 2 aromatic carbocycles. The van der Waals surface area contributed by atoms with Crippen LogP contribution in [0.4, 0.5) is 0 Å². The number of rotatable bonds is 9. The molecule has 0 unspecified atom stereocenters. The van der Waals surface area contributed by atoms with Crippen LogP contribution < -0.4 is 4.74 Å². The van der Waals surface area contributed by atoms with Crippen LogP contribution in [0.25, 0.3) is 0 Å². The molecule has 0 aromatic heterocycles. The summed E-state index contributed by atoms with van der Waals surface area (Å²) in [6.45, 7) is -2.13. The Kier molecular flexibility index (Phi) is 8.82. The molecule has 0 saturated carbocycles. The zero-order chi connectivity index (χ0) is 27.4. The Hall–Kier alpha value is -2.85. The number of hydrogen-bond donors (Lipinski definition) is 7. The van der Waals surface area contributed by atoms with Crippen molar-refractivity contribution < 1.29 is 64.2 Å².